The van der Waals surface area contributed by atoms with Crippen molar-refractivity contribution in [1.82, 2.24) is 4.90 Å². The predicted octanol–water partition coefficient (Wildman–Crippen LogP) is 4.23. The van der Waals surface area contributed by atoms with Crippen LogP contribution in [0.5, 0.6) is 0 Å². The van der Waals surface area contributed by atoms with Crippen molar-refractivity contribution in [3.8, 4) is 6.07 Å². The molecule has 3 rings (SSSR count). The summed E-state index contributed by atoms with van der Waals surface area (Å²) < 4.78 is 5.39. The molecule has 1 amide bonds. The molecule has 5 nitrogen and oxygen atoms in total. The molecule has 0 saturated heterocycles. The van der Waals surface area contributed by atoms with Gasteiger partial charge in [0.2, 0.25) is 5.91 Å². The zero-order chi connectivity index (χ0) is 19.6. The Labute approximate surface area is 165 Å². The average Bonchev–Trinajstić information content (AvgIpc) is 3.25. The summed E-state index contributed by atoms with van der Waals surface area (Å²) in [6.07, 6.45) is 1.88. The summed E-state index contributed by atoms with van der Waals surface area (Å²) in [5.41, 5.74) is 2.12. The molecule has 0 aliphatic carbocycles. The van der Waals surface area contributed by atoms with E-state index in [2.05, 4.69) is 23.1 Å². The second-order valence-corrected chi connectivity index (χ2v) is 6.48. The Balaban J connectivity index is 1.77. The van der Waals surface area contributed by atoms with E-state index in [1.54, 1.807) is 17.2 Å². The Kier molecular flexibility index (Phi) is 6.86. The summed E-state index contributed by atoms with van der Waals surface area (Å²) in [5, 5.41) is 8.96. The molecular weight excluding hydrogens is 350 g/mol. The van der Waals surface area contributed by atoms with E-state index in [1.165, 1.54) is 0 Å². The molecule has 0 aliphatic rings. The van der Waals surface area contributed by atoms with Crippen molar-refractivity contribution in [2.24, 2.45) is 0 Å². The summed E-state index contributed by atoms with van der Waals surface area (Å²) in [6, 6.07) is 25.7. The third kappa shape index (κ3) is 5.49. The van der Waals surface area contributed by atoms with Gasteiger partial charge in [0, 0.05) is 18.8 Å². The normalized spacial score (nSPS) is 10.2. The largest absolute Gasteiger partial charge is 0.467 e. The van der Waals surface area contributed by atoms with Crippen molar-refractivity contribution in [1.29, 1.82) is 5.26 Å². The first-order chi connectivity index (χ1) is 13.8. The van der Waals surface area contributed by atoms with Gasteiger partial charge in [0.05, 0.1) is 31.8 Å². The minimum absolute atomic E-state index is 0.0357. The summed E-state index contributed by atoms with van der Waals surface area (Å²) >= 11 is 0. The maximum atomic E-state index is 13.1. The van der Waals surface area contributed by atoms with Gasteiger partial charge in [0.1, 0.15) is 5.76 Å². The van der Waals surface area contributed by atoms with Gasteiger partial charge in [-0.05, 0) is 29.8 Å². The molecule has 0 N–H and O–H groups in total. The minimum atomic E-state index is -0.0357. The molecule has 2 aromatic carbocycles. The Hall–Kier alpha value is -3.52. The van der Waals surface area contributed by atoms with Crippen LogP contribution in [0.2, 0.25) is 0 Å². The highest BCUT2D eigenvalue weighted by atomic mass is 16.3. The molecule has 28 heavy (non-hydrogen) atoms. The lowest BCUT2D eigenvalue weighted by Crippen LogP contribution is -2.40. The van der Waals surface area contributed by atoms with Crippen molar-refractivity contribution < 1.29 is 9.21 Å². The lowest BCUT2D eigenvalue weighted by Gasteiger charge is -2.28. The average molecular weight is 373 g/mol. The van der Waals surface area contributed by atoms with Crippen molar-refractivity contribution in [2.75, 3.05) is 18.0 Å². The molecule has 1 aromatic heterocycles. The van der Waals surface area contributed by atoms with E-state index in [9.17, 15) is 4.79 Å². The van der Waals surface area contributed by atoms with Gasteiger partial charge in [0.15, 0.2) is 0 Å². The van der Waals surface area contributed by atoms with Crippen LogP contribution in [0.4, 0.5) is 5.69 Å². The van der Waals surface area contributed by atoms with Crippen molar-refractivity contribution in [2.45, 2.75) is 19.5 Å². The van der Waals surface area contributed by atoms with Crippen LogP contribution in [-0.4, -0.2) is 23.9 Å². The lowest BCUT2D eigenvalue weighted by molar-refractivity contribution is -0.130. The van der Waals surface area contributed by atoms with Crippen molar-refractivity contribution in [3.63, 3.8) is 0 Å². The Morgan fingerprint density at radius 1 is 0.929 bits per heavy atom. The number of nitriles is 1. The summed E-state index contributed by atoms with van der Waals surface area (Å²) in [6.45, 7) is 1.60. The molecule has 0 bridgehead atoms. The molecule has 3 aromatic rings. The highest BCUT2D eigenvalue weighted by Gasteiger charge is 2.19. The fourth-order valence-corrected chi connectivity index (χ4v) is 3.01. The van der Waals surface area contributed by atoms with Crippen LogP contribution >= 0.6 is 0 Å². The number of furan rings is 1. The molecule has 1 heterocycles. The van der Waals surface area contributed by atoms with Crippen LogP contribution in [0.3, 0.4) is 0 Å². The van der Waals surface area contributed by atoms with E-state index in [0.717, 1.165) is 11.3 Å². The number of nitrogens with zero attached hydrogens (tertiary/aromatic N) is 3. The molecule has 0 saturated carbocycles. The number of carbonyl (C=O) groups excluding carboxylic acids is 1. The van der Waals surface area contributed by atoms with Gasteiger partial charge in [0.25, 0.3) is 0 Å². The van der Waals surface area contributed by atoms with E-state index in [1.807, 2.05) is 54.6 Å². The van der Waals surface area contributed by atoms with Crippen LogP contribution in [0.1, 0.15) is 17.7 Å². The number of carbonyl (C=O) groups is 1. The van der Waals surface area contributed by atoms with E-state index < -0.39 is 0 Å². The number of anilines is 1. The number of rotatable bonds is 9. The number of para-hydroxylation sites is 1. The number of benzene rings is 2. The van der Waals surface area contributed by atoms with Crippen LogP contribution in [-0.2, 0) is 17.9 Å². The van der Waals surface area contributed by atoms with Gasteiger partial charge in [-0.3, -0.25) is 4.79 Å². The molecule has 0 fully saturated rings. The molecule has 142 valence electrons. The van der Waals surface area contributed by atoms with Gasteiger partial charge in [-0.2, -0.15) is 5.26 Å². The third-order valence-corrected chi connectivity index (χ3v) is 4.44. The van der Waals surface area contributed by atoms with E-state index >= 15 is 0 Å². The maximum Gasteiger partial charge on any atom is 0.242 e. The quantitative estimate of drug-likeness (QED) is 0.563. The van der Waals surface area contributed by atoms with Crippen LogP contribution in [0.25, 0.3) is 0 Å². The van der Waals surface area contributed by atoms with E-state index in [-0.39, 0.29) is 18.9 Å². The Bertz CT molecular complexity index is 887. The molecule has 0 atom stereocenters. The number of hydrogen-bond acceptors (Lipinski definition) is 4. The van der Waals surface area contributed by atoms with Gasteiger partial charge < -0.3 is 14.2 Å². The zero-order valence-electron chi connectivity index (χ0n) is 15.7. The zero-order valence-corrected chi connectivity index (χ0v) is 15.7. The molecule has 0 aliphatic heterocycles. The first-order valence-corrected chi connectivity index (χ1v) is 9.27. The smallest absolute Gasteiger partial charge is 0.242 e. The third-order valence-electron chi connectivity index (χ3n) is 4.44. The van der Waals surface area contributed by atoms with Crippen LogP contribution in [0, 0.1) is 11.3 Å². The van der Waals surface area contributed by atoms with E-state index in [4.69, 9.17) is 9.68 Å². The second kappa shape index (κ2) is 9.98. The van der Waals surface area contributed by atoms with Crippen LogP contribution < -0.4 is 4.90 Å². The summed E-state index contributed by atoms with van der Waals surface area (Å²) in [4.78, 5) is 16.8. The van der Waals surface area contributed by atoms with Gasteiger partial charge in [-0.15, -0.1) is 0 Å². The maximum absolute atomic E-state index is 13.1. The van der Waals surface area contributed by atoms with Crippen LogP contribution in [0.15, 0.2) is 83.5 Å². The van der Waals surface area contributed by atoms with Crippen molar-refractivity contribution >= 4 is 11.6 Å². The first-order valence-electron chi connectivity index (χ1n) is 9.27. The van der Waals surface area contributed by atoms with E-state index in [0.29, 0.717) is 25.4 Å². The monoisotopic (exact) mass is 373 g/mol. The fraction of sp³-hybridized carbons (Fsp3) is 0.217. The van der Waals surface area contributed by atoms with Crippen molar-refractivity contribution in [3.05, 3.63) is 90.4 Å². The number of hydrogen-bond donors (Lipinski definition) is 0. The van der Waals surface area contributed by atoms with Gasteiger partial charge >= 0.3 is 0 Å². The predicted molar refractivity (Wildman–Crippen MR) is 108 cm³/mol. The standard InChI is InChI=1S/C23H23N3O2/c24-14-8-15-25(18-22-13-7-16-28-22)23(27)19-26(21-11-5-2-6-12-21)17-20-9-3-1-4-10-20/h1-7,9-13,16H,8,15,17-19H2. The molecular formula is C23H23N3O2. The minimum Gasteiger partial charge on any atom is -0.467 e. The topological polar surface area (TPSA) is 60.5 Å². The molecule has 0 radical (unpaired) electrons. The lowest BCUT2D eigenvalue weighted by atomic mass is 10.2. The molecule has 0 spiro atoms. The van der Waals surface area contributed by atoms with Gasteiger partial charge in [-0.25, -0.2) is 0 Å². The fourth-order valence-electron chi connectivity index (χ4n) is 3.01. The Morgan fingerprint density at radius 2 is 1.64 bits per heavy atom. The summed E-state index contributed by atoms with van der Waals surface area (Å²) in [7, 11) is 0. The summed E-state index contributed by atoms with van der Waals surface area (Å²) in [5.74, 6) is 0.673. The molecule has 5 heteroatoms. The first kappa shape index (κ1) is 19.2. The highest BCUT2D eigenvalue weighted by Crippen LogP contribution is 2.18. The SMILES string of the molecule is N#CCCN(Cc1ccco1)C(=O)CN(Cc1ccccc1)c1ccccc1. The molecule has 0 unspecified atom stereocenters. The number of amides is 1. The van der Waals surface area contributed by atoms with Gasteiger partial charge in [-0.1, -0.05) is 48.5 Å². The second-order valence-electron chi connectivity index (χ2n) is 6.48. The Morgan fingerprint density at radius 3 is 2.29 bits per heavy atom. The highest BCUT2D eigenvalue weighted by molar-refractivity contribution is 5.81.